The average Bonchev–Trinajstić information content (AvgIpc) is 2.29. The van der Waals surface area contributed by atoms with Crippen LogP contribution >= 0.6 is 15.9 Å². The van der Waals surface area contributed by atoms with E-state index in [1.165, 1.54) is 13.0 Å². The second-order valence-corrected chi connectivity index (χ2v) is 3.93. The van der Waals surface area contributed by atoms with Crippen molar-refractivity contribution in [3.05, 3.63) is 46.5 Å². The molecule has 16 heavy (non-hydrogen) atoms. The molecule has 0 N–H and O–H groups in total. The molecule has 0 bridgehead atoms. The standard InChI is InChI=1S/C12H11BrO3/c1-9(14)11(13)7-8-16-12(15)10-5-3-2-4-6-10/h2-7H,8H2,1H3/b11-7-. The maximum Gasteiger partial charge on any atom is 0.338 e. The number of ketones is 1. The van der Waals surface area contributed by atoms with Gasteiger partial charge in [-0.2, -0.15) is 0 Å². The largest absolute Gasteiger partial charge is 0.458 e. The fraction of sp³-hybridized carbons (Fsp3) is 0.167. The molecule has 84 valence electrons. The molecule has 0 radical (unpaired) electrons. The van der Waals surface area contributed by atoms with Gasteiger partial charge in [0, 0.05) is 0 Å². The summed E-state index contributed by atoms with van der Waals surface area (Å²) in [5.41, 5.74) is 0.495. The third-order valence-electron chi connectivity index (χ3n) is 1.82. The van der Waals surface area contributed by atoms with Crippen molar-refractivity contribution in [2.75, 3.05) is 6.61 Å². The van der Waals surface area contributed by atoms with Gasteiger partial charge in [0.2, 0.25) is 0 Å². The van der Waals surface area contributed by atoms with Crippen LogP contribution in [-0.4, -0.2) is 18.4 Å². The molecule has 3 nitrogen and oxygen atoms in total. The van der Waals surface area contributed by atoms with Crippen molar-refractivity contribution in [1.82, 2.24) is 0 Å². The quantitative estimate of drug-likeness (QED) is 0.630. The average molecular weight is 283 g/mol. The lowest BCUT2D eigenvalue weighted by Gasteiger charge is -2.01. The predicted octanol–water partition coefficient (Wildman–Crippen LogP) is 2.71. The third kappa shape index (κ3) is 3.98. The summed E-state index contributed by atoms with van der Waals surface area (Å²) in [5, 5.41) is 0. The summed E-state index contributed by atoms with van der Waals surface area (Å²) in [6.45, 7) is 1.51. The summed E-state index contributed by atoms with van der Waals surface area (Å²) in [7, 11) is 0. The zero-order valence-corrected chi connectivity index (χ0v) is 10.4. The number of hydrogen-bond donors (Lipinski definition) is 0. The maximum absolute atomic E-state index is 11.4. The van der Waals surface area contributed by atoms with E-state index < -0.39 is 5.97 Å². The van der Waals surface area contributed by atoms with Gasteiger partial charge in [0.1, 0.15) is 6.61 Å². The molecule has 0 fully saturated rings. The second kappa shape index (κ2) is 6.23. The third-order valence-corrected chi connectivity index (χ3v) is 2.70. The normalized spacial score (nSPS) is 11.0. The minimum atomic E-state index is -0.402. The number of halogens is 1. The molecule has 0 atom stereocenters. The van der Waals surface area contributed by atoms with Gasteiger partial charge in [0.25, 0.3) is 0 Å². The second-order valence-electron chi connectivity index (χ2n) is 3.07. The first-order valence-corrected chi connectivity index (χ1v) is 5.49. The highest BCUT2D eigenvalue weighted by molar-refractivity contribution is 9.12. The van der Waals surface area contributed by atoms with E-state index in [1.54, 1.807) is 24.3 Å². The number of allylic oxidation sites excluding steroid dienone is 1. The molecule has 0 unspecified atom stereocenters. The summed E-state index contributed by atoms with van der Waals surface area (Å²) in [6.07, 6.45) is 1.52. The minimum absolute atomic E-state index is 0.0773. The van der Waals surface area contributed by atoms with Crippen molar-refractivity contribution in [2.45, 2.75) is 6.92 Å². The predicted molar refractivity (Wildman–Crippen MR) is 64.4 cm³/mol. The van der Waals surface area contributed by atoms with Gasteiger partial charge < -0.3 is 4.74 Å². The molecule has 0 heterocycles. The Morgan fingerprint density at radius 3 is 2.50 bits per heavy atom. The van der Waals surface area contributed by atoms with Gasteiger partial charge in [-0.25, -0.2) is 4.79 Å². The van der Waals surface area contributed by atoms with Crippen molar-refractivity contribution >= 4 is 27.7 Å². The highest BCUT2D eigenvalue weighted by atomic mass is 79.9. The summed E-state index contributed by atoms with van der Waals surface area (Å²) in [6, 6.07) is 8.69. The molecular weight excluding hydrogens is 272 g/mol. The van der Waals surface area contributed by atoms with Crippen molar-refractivity contribution < 1.29 is 14.3 Å². The first-order valence-electron chi connectivity index (χ1n) is 4.70. The number of Topliss-reactive ketones (excluding diaryl/α,β-unsaturated/α-hetero) is 1. The number of rotatable bonds is 4. The lowest BCUT2D eigenvalue weighted by Crippen LogP contribution is -2.05. The summed E-state index contributed by atoms with van der Waals surface area (Å²) in [5.74, 6) is -0.503. The van der Waals surface area contributed by atoms with Crippen LogP contribution in [0.4, 0.5) is 0 Å². The topological polar surface area (TPSA) is 43.4 Å². The molecule has 1 aromatic rings. The molecule has 0 aliphatic carbocycles. The van der Waals surface area contributed by atoms with Crippen LogP contribution < -0.4 is 0 Å². The van der Waals surface area contributed by atoms with Crippen LogP contribution in [0, 0.1) is 0 Å². The SMILES string of the molecule is CC(=O)/C(Br)=C/COC(=O)c1ccccc1. The first-order chi connectivity index (χ1) is 7.61. The highest BCUT2D eigenvalue weighted by Gasteiger charge is 2.05. The van der Waals surface area contributed by atoms with Crippen LogP contribution in [0.5, 0.6) is 0 Å². The first kappa shape index (κ1) is 12.6. The van der Waals surface area contributed by atoms with Crippen LogP contribution in [0.1, 0.15) is 17.3 Å². The monoisotopic (exact) mass is 282 g/mol. The molecule has 0 saturated carbocycles. The molecule has 0 aliphatic rings. The van der Waals surface area contributed by atoms with Crippen LogP contribution in [0.2, 0.25) is 0 Å². The van der Waals surface area contributed by atoms with E-state index >= 15 is 0 Å². The molecule has 0 spiro atoms. The fourth-order valence-electron chi connectivity index (χ4n) is 0.992. The zero-order chi connectivity index (χ0) is 12.0. The zero-order valence-electron chi connectivity index (χ0n) is 8.77. The fourth-order valence-corrected chi connectivity index (χ4v) is 1.12. The van der Waals surface area contributed by atoms with Crippen LogP contribution in [0.3, 0.4) is 0 Å². The Labute approximate surface area is 102 Å². The summed E-state index contributed by atoms with van der Waals surface area (Å²) >= 11 is 3.07. The molecular formula is C12H11BrO3. The Balaban J connectivity index is 2.49. The van der Waals surface area contributed by atoms with E-state index in [0.29, 0.717) is 10.0 Å². The number of esters is 1. The van der Waals surface area contributed by atoms with E-state index in [9.17, 15) is 9.59 Å². The number of ether oxygens (including phenoxy) is 1. The van der Waals surface area contributed by atoms with E-state index in [-0.39, 0.29) is 12.4 Å². The molecule has 0 amide bonds. The Hall–Kier alpha value is -1.42. The van der Waals surface area contributed by atoms with Gasteiger partial charge >= 0.3 is 5.97 Å². The number of carbonyl (C=O) groups is 2. The van der Waals surface area contributed by atoms with Crippen molar-refractivity contribution in [1.29, 1.82) is 0 Å². The van der Waals surface area contributed by atoms with Crippen LogP contribution in [0.25, 0.3) is 0 Å². The molecule has 0 aromatic heterocycles. The van der Waals surface area contributed by atoms with Gasteiger partial charge in [0.15, 0.2) is 5.78 Å². The lowest BCUT2D eigenvalue weighted by molar-refractivity contribution is -0.112. The van der Waals surface area contributed by atoms with Crippen molar-refractivity contribution in [3.63, 3.8) is 0 Å². The number of carbonyl (C=O) groups excluding carboxylic acids is 2. The number of benzene rings is 1. The van der Waals surface area contributed by atoms with Crippen LogP contribution in [0.15, 0.2) is 40.9 Å². The Kier molecular flexibility index (Phi) is 4.92. The maximum atomic E-state index is 11.4. The van der Waals surface area contributed by atoms with Crippen LogP contribution in [-0.2, 0) is 9.53 Å². The minimum Gasteiger partial charge on any atom is -0.458 e. The van der Waals surface area contributed by atoms with E-state index in [1.807, 2.05) is 6.07 Å². The van der Waals surface area contributed by atoms with E-state index in [4.69, 9.17) is 4.74 Å². The van der Waals surface area contributed by atoms with E-state index in [2.05, 4.69) is 15.9 Å². The van der Waals surface area contributed by atoms with E-state index in [0.717, 1.165) is 0 Å². The molecule has 0 aliphatic heterocycles. The molecule has 1 rings (SSSR count). The smallest absolute Gasteiger partial charge is 0.338 e. The Morgan fingerprint density at radius 1 is 1.31 bits per heavy atom. The lowest BCUT2D eigenvalue weighted by atomic mass is 10.2. The van der Waals surface area contributed by atoms with Crippen molar-refractivity contribution in [3.8, 4) is 0 Å². The summed E-state index contributed by atoms with van der Waals surface area (Å²) in [4.78, 5) is 22.3. The molecule has 4 heteroatoms. The van der Waals surface area contributed by atoms with Gasteiger partial charge in [-0.15, -0.1) is 0 Å². The summed E-state index contributed by atoms with van der Waals surface area (Å²) < 4.78 is 5.36. The van der Waals surface area contributed by atoms with Gasteiger partial charge in [-0.05, 0) is 41.1 Å². The molecule has 1 aromatic carbocycles. The van der Waals surface area contributed by atoms with Gasteiger partial charge in [0.05, 0.1) is 10.0 Å². The number of hydrogen-bond acceptors (Lipinski definition) is 3. The van der Waals surface area contributed by atoms with Crippen molar-refractivity contribution in [2.24, 2.45) is 0 Å². The van der Waals surface area contributed by atoms with Gasteiger partial charge in [-0.3, -0.25) is 4.79 Å². The molecule has 0 saturated heterocycles. The Morgan fingerprint density at radius 2 is 1.94 bits per heavy atom. The Bertz CT molecular complexity index is 410. The van der Waals surface area contributed by atoms with Gasteiger partial charge in [-0.1, -0.05) is 18.2 Å². The highest BCUT2D eigenvalue weighted by Crippen LogP contribution is 2.06.